The molecule has 1 aromatic heterocycles. The number of nitrogens with zero attached hydrogens (tertiary/aromatic N) is 3. The minimum Gasteiger partial charge on any atom is -0.279 e. The number of hydrogen-bond donors (Lipinski definition) is 0. The fraction of sp³-hybridized carbons (Fsp3) is 0.310. The topological polar surface area (TPSA) is 70.6 Å². The van der Waals surface area contributed by atoms with Crippen LogP contribution in [0.15, 0.2) is 71.6 Å². The summed E-state index contributed by atoms with van der Waals surface area (Å²) in [6.07, 6.45) is 5.01. The van der Waals surface area contributed by atoms with Crippen molar-refractivity contribution in [3.05, 3.63) is 88.4 Å². The highest BCUT2D eigenvalue weighted by Gasteiger charge is 2.30. The first-order valence-corrected chi connectivity index (χ1v) is 15.4. The third-order valence-electron chi connectivity index (χ3n) is 7.21. The number of carbonyl (C=O) groups is 1. The number of hydrogen-bond acceptors (Lipinski definition) is 5. The molecular formula is C29H30ClN3O3S2. The van der Waals surface area contributed by atoms with Gasteiger partial charge >= 0.3 is 0 Å². The normalized spacial score (nSPS) is 14.7. The molecule has 198 valence electrons. The van der Waals surface area contributed by atoms with E-state index in [0.717, 1.165) is 53.4 Å². The number of amides is 1. The zero-order valence-electron chi connectivity index (χ0n) is 21.4. The summed E-state index contributed by atoms with van der Waals surface area (Å²) < 4.78 is 28.9. The number of rotatable bonds is 7. The van der Waals surface area contributed by atoms with Crippen LogP contribution < -0.4 is 4.90 Å². The van der Waals surface area contributed by atoms with Crippen LogP contribution in [0.25, 0.3) is 10.2 Å². The van der Waals surface area contributed by atoms with E-state index >= 15 is 0 Å². The lowest BCUT2D eigenvalue weighted by Gasteiger charge is -2.30. The molecule has 1 aliphatic carbocycles. The summed E-state index contributed by atoms with van der Waals surface area (Å²) in [5, 5.41) is 1.14. The summed E-state index contributed by atoms with van der Waals surface area (Å²) in [5.41, 5.74) is 3.10. The molecule has 0 atom stereocenters. The maximum Gasteiger partial charge on any atom is 0.260 e. The van der Waals surface area contributed by atoms with Gasteiger partial charge in [0.05, 0.1) is 26.7 Å². The molecule has 1 fully saturated rings. The molecule has 6 nitrogen and oxygen atoms in total. The van der Waals surface area contributed by atoms with E-state index in [1.165, 1.54) is 27.8 Å². The monoisotopic (exact) mass is 567 g/mol. The van der Waals surface area contributed by atoms with Crippen LogP contribution in [0.5, 0.6) is 0 Å². The van der Waals surface area contributed by atoms with Crippen molar-refractivity contribution in [2.75, 3.05) is 11.9 Å². The molecule has 9 heteroatoms. The smallest absolute Gasteiger partial charge is 0.260 e. The number of anilines is 1. The summed E-state index contributed by atoms with van der Waals surface area (Å²) in [7, 11) is -1.99. The first-order chi connectivity index (χ1) is 18.3. The van der Waals surface area contributed by atoms with Gasteiger partial charge in [-0.15, -0.1) is 0 Å². The van der Waals surface area contributed by atoms with E-state index < -0.39 is 10.0 Å². The second-order valence-corrected chi connectivity index (χ2v) is 13.1. The van der Waals surface area contributed by atoms with Crippen molar-refractivity contribution in [2.45, 2.75) is 56.5 Å². The van der Waals surface area contributed by atoms with E-state index in [1.54, 1.807) is 24.1 Å². The van der Waals surface area contributed by atoms with Crippen LogP contribution in [-0.2, 0) is 16.6 Å². The lowest BCUT2D eigenvalue weighted by Crippen LogP contribution is -2.38. The highest BCUT2D eigenvalue weighted by atomic mass is 35.5. The number of aryl methyl sites for hydroxylation is 1. The number of fused-ring (bicyclic) bond motifs is 1. The average molecular weight is 568 g/mol. The third kappa shape index (κ3) is 5.36. The van der Waals surface area contributed by atoms with Gasteiger partial charge < -0.3 is 0 Å². The zero-order chi connectivity index (χ0) is 26.9. The van der Waals surface area contributed by atoms with Gasteiger partial charge in [0.2, 0.25) is 10.0 Å². The van der Waals surface area contributed by atoms with Crippen molar-refractivity contribution in [1.82, 2.24) is 9.29 Å². The molecule has 0 N–H and O–H groups in total. The number of thiazole rings is 1. The van der Waals surface area contributed by atoms with Crippen LogP contribution in [0, 0.1) is 6.92 Å². The summed E-state index contributed by atoms with van der Waals surface area (Å²) in [5.74, 6) is -0.258. The molecule has 0 aliphatic heterocycles. The molecule has 5 rings (SSSR count). The lowest BCUT2D eigenvalue weighted by atomic mass is 9.96. The van der Waals surface area contributed by atoms with Crippen LogP contribution in [-0.4, -0.2) is 36.7 Å². The Morgan fingerprint density at radius 1 is 1.00 bits per heavy atom. The summed E-state index contributed by atoms with van der Waals surface area (Å²) >= 11 is 7.83. The predicted molar refractivity (Wildman–Crippen MR) is 155 cm³/mol. The van der Waals surface area contributed by atoms with Crippen LogP contribution >= 0.6 is 22.9 Å². The molecule has 38 heavy (non-hydrogen) atoms. The van der Waals surface area contributed by atoms with Crippen molar-refractivity contribution < 1.29 is 13.2 Å². The lowest BCUT2D eigenvalue weighted by molar-refractivity contribution is 0.0985. The molecule has 4 aromatic rings. The molecule has 0 unspecified atom stereocenters. The van der Waals surface area contributed by atoms with E-state index in [1.807, 2.05) is 49.4 Å². The number of benzene rings is 3. The average Bonchev–Trinajstić information content (AvgIpc) is 3.41. The SMILES string of the molecule is Cc1ccc(Cl)c2sc(N(Cc3ccccc3)C(=O)c3ccc(S(=O)(=O)N(C)C4CCCCC4)cc3)nc12. The van der Waals surface area contributed by atoms with Gasteiger partial charge in [0.25, 0.3) is 5.91 Å². The molecule has 0 radical (unpaired) electrons. The molecule has 1 heterocycles. The molecule has 0 saturated heterocycles. The van der Waals surface area contributed by atoms with Gasteiger partial charge in [-0.3, -0.25) is 9.69 Å². The quantitative estimate of drug-likeness (QED) is 0.240. The Labute approximate surface area is 232 Å². The summed E-state index contributed by atoms with van der Waals surface area (Å²) in [6.45, 7) is 2.29. The number of sulfonamides is 1. The Balaban J connectivity index is 1.47. The Hall–Kier alpha value is -2.78. The first kappa shape index (κ1) is 26.8. The number of halogens is 1. The van der Waals surface area contributed by atoms with Crippen LogP contribution in [0.3, 0.4) is 0 Å². The minimum absolute atomic E-state index is 0.0192. The fourth-order valence-corrected chi connectivity index (χ4v) is 7.66. The minimum atomic E-state index is -3.65. The second kappa shape index (κ2) is 11.1. The predicted octanol–water partition coefficient (Wildman–Crippen LogP) is 7.06. The standard InChI is InChI=1S/C29H30ClN3O3S2/c1-20-13-18-25(30)27-26(20)31-29(37-27)33(19-21-9-5-3-6-10-21)28(34)22-14-16-24(17-15-22)38(35,36)32(2)23-11-7-4-8-12-23/h3,5-6,9-10,13-18,23H,4,7-8,11-12,19H2,1-2H3. The van der Waals surface area contributed by atoms with E-state index in [0.29, 0.717) is 22.3 Å². The fourth-order valence-electron chi connectivity index (χ4n) is 4.93. The Morgan fingerprint density at radius 3 is 2.34 bits per heavy atom. The van der Waals surface area contributed by atoms with Crippen molar-refractivity contribution >= 4 is 54.2 Å². The van der Waals surface area contributed by atoms with Gasteiger partial charge in [0.15, 0.2) is 5.13 Å². The van der Waals surface area contributed by atoms with E-state index in [9.17, 15) is 13.2 Å². The number of carbonyl (C=O) groups excluding carboxylic acids is 1. The Kier molecular flexibility index (Phi) is 7.86. The second-order valence-electron chi connectivity index (χ2n) is 9.75. The highest BCUT2D eigenvalue weighted by molar-refractivity contribution is 7.89. The van der Waals surface area contributed by atoms with Crippen molar-refractivity contribution in [3.63, 3.8) is 0 Å². The molecule has 1 aliphatic rings. The van der Waals surface area contributed by atoms with E-state index in [4.69, 9.17) is 16.6 Å². The van der Waals surface area contributed by atoms with E-state index in [-0.39, 0.29) is 16.8 Å². The number of aromatic nitrogens is 1. The van der Waals surface area contributed by atoms with Crippen LogP contribution in [0.1, 0.15) is 53.6 Å². The van der Waals surface area contributed by atoms with Crippen molar-refractivity contribution in [3.8, 4) is 0 Å². The van der Waals surface area contributed by atoms with Gasteiger partial charge in [-0.2, -0.15) is 4.31 Å². The molecule has 1 amide bonds. The van der Waals surface area contributed by atoms with Gasteiger partial charge in [-0.1, -0.05) is 78.6 Å². The summed E-state index contributed by atoms with van der Waals surface area (Å²) in [6, 6.07) is 19.7. The Bertz CT molecular complexity index is 1510. The van der Waals surface area contributed by atoms with Crippen LogP contribution in [0.2, 0.25) is 5.02 Å². The van der Waals surface area contributed by atoms with E-state index in [2.05, 4.69) is 0 Å². The largest absolute Gasteiger partial charge is 0.279 e. The van der Waals surface area contributed by atoms with Crippen molar-refractivity contribution in [1.29, 1.82) is 0 Å². The maximum absolute atomic E-state index is 13.8. The molecular weight excluding hydrogens is 538 g/mol. The summed E-state index contributed by atoms with van der Waals surface area (Å²) in [4.78, 5) is 20.4. The Morgan fingerprint density at radius 2 is 1.68 bits per heavy atom. The van der Waals surface area contributed by atoms with Gasteiger partial charge in [0, 0.05) is 18.7 Å². The molecule has 0 spiro atoms. The molecule has 0 bridgehead atoms. The van der Waals surface area contributed by atoms with Gasteiger partial charge in [-0.05, 0) is 61.2 Å². The van der Waals surface area contributed by atoms with Crippen molar-refractivity contribution in [2.24, 2.45) is 0 Å². The highest BCUT2D eigenvalue weighted by Crippen LogP contribution is 2.37. The third-order valence-corrected chi connectivity index (χ3v) is 10.7. The molecule has 3 aromatic carbocycles. The van der Waals surface area contributed by atoms with Crippen LogP contribution in [0.4, 0.5) is 5.13 Å². The van der Waals surface area contributed by atoms with Gasteiger partial charge in [-0.25, -0.2) is 13.4 Å². The molecule has 1 saturated carbocycles. The first-order valence-electron chi connectivity index (χ1n) is 12.8. The maximum atomic E-state index is 13.8. The zero-order valence-corrected chi connectivity index (χ0v) is 23.8. The van der Waals surface area contributed by atoms with Gasteiger partial charge in [0.1, 0.15) is 0 Å².